The summed E-state index contributed by atoms with van der Waals surface area (Å²) >= 11 is 12.1. The lowest BCUT2D eigenvalue weighted by Crippen LogP contribution is -2.24. The van der Waals surface area contributed by atoms with Crippen LogP contribution in [0.3, 0.4) is 0 Å². The predicted octanol–water partition coefficient (Wildman–Crippen LogP) is 5.01. The molecule has 3 rings (SSSR count). The molecule has 0 N–H and O–H groups in total. The fourth-order valence-electron chi connectivity index (χ4n) is 2.91. The largest absolute Gasteiger partial charge is 0.465 e. The molecular weight excluding hydrogens is 392 g/mol. The van der Waals surface area contributed by atoms with Gasteiger partial charge in [0.1, 0.15) is 5.82 Å². The number of anilines is 1. The number of halogens is 3. The van der Waals surface area contributed by atoms with Gasteiger partial charge in [0.2, 0.25) is 0 Å². The Morgan fingerprint density at radius 2 is 1.78 bits per heavy atom. The molecule has 0 spiro atoms. The number of benzene rings is 2. The van der Waals surface area contributed by atoms with E-state index < -0.39 is 17.7 Å². The van der Waals surface area contributed by atoms with Crippen LogP contribution in [-0.4, -0.2) is 19.0 Å². The first-order chi connectivity index (χ1) is 12.8. The molecule has 0 radical (unpaired) electrons. The second-order valence-electron chi connectivity index (χ2n) is 5.80. The first-order valence-corrected chi connectivity index (χ1v) is 8.65. The summed E-state index contributed by atoms with van der Waals surface area (Å²) in [5.41, 5.74) is 1.00. The normalized spacial score (nSPS) is 15.7. The Morgan fingerprint density at radius 3 is 2.37 bits per heavy atom. The third-order valence-electron chi connectivity index (χ3n) is 4.10. The molecule has 2 aromatic carbocycles. The van der Waals surface area contributed by atoms with E-state index in [0.717, 1.165) is 0 Å². The van der Waals surface area contributed by atoms with E-state index in [-0.39, 0.29) is 16.7 Å². The third kappa shape index (κ3) is 3.61. The number of carbonyl (C=O) groups is 2. The van der Waals surface area contributed by atoms with E-state index >= 15 is 0 Å². The fraction of sp³-hybridized carbons (Fsp3) is 0.100. The van der Waals surface area contributed by atoms with E-state index in [9.17, 15) is 14.0 Å². The smallest absolute Gasteiger partial charge is 0.340 e. The number of ether oxygens (including phenoxy) is 1. The molecule has 27 heavy (non-hydrogen) atoms. The molecule has 2 aromatic rings. The van der Waals surface area contributed by atoms with Crippen LogP contribution in [0.15, 0.2) is 59.3 Å². The second-order valence-corrected chi connectivity index (χ2v) is 6.67. The third-order valence-corrected chi connectivity index (χ3v) is 4.54. The summed E-state index contributed by atoms with van der Waals surface area (Å²) in [6.07, 6.45) is 1.33. The minimum Gasteiger partial charge on any atom is -0.465 e. The van der Waals surface area contributed by atoms with Crippen molar-refractivity contribution in [3.8, 4) is 0 Å². The minimum atomic E-state index is -0.695. The lowest BCUT2D eigenvalue weighted by Gasteiger charge is -2.18. The molecule has 7 heteroatoms. The van der Waals surface area contributed by atoms with Crippen molar-refractivity contribution in [1.82, 2.24) is 0 Å². The first kappa shape index (κ1) is 19.1. The Bertz CT molecular complexity index is 994. The van der Waals surface area contributed by atoms with Crippen LogP contribution in [0.1, 0.15) is 12.5 Å². The number of hydrogen-bond acceptors (Lipinski definition) is 3. The van der Waals surface area contributed by atoms with Gasteiger partial charge in [-0.05, 0) is 37.3 Å². The molecule has 0 saturated carbocycles. The van der Waals surface area contributed by atoms with E-state index in [2.05, 4.69) is 0 Å². The number of allylic oxidation sites excluding steroid dienone is 1. The minimum absolute atomic E-state index is 0.0283. The molecule has 138 valence electrons. The van der Waals surface area contributed by atoms with E-state index in [0.29, 0.717) is 21.4 Å². The molecule has 1 aliphatic rings. The molecule has 1 amide bonds. The molecule has 0 aliphatic carbocycles. The van der Waals surface area contributed by atoms with Crippen LogP contribution in [0.4, 0.5) is 10.1 Å². The highest BCUT2D eigenvalue weighted by Gasteiger charge is 2.38. The summed E-state index contributed by atoms with van der Waals surface area (Å²) in [5.74, 6) is -1.71. The van der Waals surface area contributed by atoms with Crippen LogP contribution in [0.5, 0.6) is 0 Å². The van der Waals surface area contributed by atoms with Gasteiger partial charge in [-0.2, -0.15) is 0 Å². The number of esters is 1. The SMILES string of the molecule is COC(=O)C1=C(C)N(c2cc(Cl)cc(Cl)c2)C(=O)/C1=C\c1ccccc1F. The van der Waals surface area contributed by atoms with Crippen LogP contribution in [0.25, 0.3) is 6.08 Å². The Morgan fingerprint density at radius 1 is 1.15 bits per heavy atom. The highest BCUT2D eigenvalue weighted by Crippen LogP contribution is 2.37. The van der Waals surface area contributed by atoms with Crippen molar-refractivity contribution in [1.29, 1.82) is 0 Å². The number of rotatable bonds is 3. The summed E-state index contributed by atoms with van der Waals surface area (Å²) in [5, 5.41) is 0.675. The van der Waals surface area contributed by atoms with E-state index in [4.69, 9.17) is 27.9 Å². The fourth-order valence-corrected chi connectivity index (χ4v) is 3.42. The molecule has 0 fully saturated rings. The summed E-state index contributed by atoms with van der Waals surface area (Å²) in [6, 6.07) is 10.6. The van der Waals surface area contributed by atoms with Crippen molar-refractivity contribution in [2.24, 2.45) is 0 Å². The van der Waals surface area contributed by atoms with E-state index in [1.807, 2.05) is 0 Å². The molecule has 0 saturated heterocycles. The molecule has 0 aromatic heterocycles. The monoisotopic (exact) mass is 405 g/mol. The molecule has 0 unspecified atom stereocenters. The maximum atomic E-state index is 14.1. The molecule has 4 nitrogen and oxygen atoms in total. The maximum absolute atomic E-state index is 14.1. The highest BCUT2D eigenvalue weighted by molar-refractivity contribution is 6.35. The lowest BCUT2D eigenvalue weighted by molar-refractivity contribution is -0.136. The number of hydrogen-bond donors (Lipinski definition) is 0. The van der Waals surface area contributed by atoms with Crippen molar-refractivity contribution >= 4 is 46.8 Å². The van der Waals surface area contributed by atoms with Gasteiger partial charge in [-0.15, -0.1) is 0 Å². The lowest BCUT2D eigenvalue weighted by atomic mass is 10.0. The van der Waals surface area contributed by atoms with Gasteiger partial charge < -0.3 is 4.74 Å². The van der Waals surface area contributed by atoms with Crippen LogP contribution >= 0.6 is 23.2 Å². The number of amides is 1. The van der Waals surface area contributed by atoms with Crippen LogP contribution in [0.2, 0.25) is 10.0 Å². The average Bonchev–Trinajstić information content (AvgIpc) is 2.85. The van der Waals surface area contributed by atoms with Crippen molar-refractivity contribution in [3.63, 3.8) is 0 Å². The van der Waals surface area contributed by atoms with Gasteiger partial charge in [-0.25, -0.2) is 9.18 Å². The summed E-state index contributed by atoms with van der Waals surface area (Å²) in [6.45, 7) is 1.60. The van der Waals surface area contributed by atoms with E-state index in [1.54, 1.807) is 25.1 Å². The maximum Gasteiger partial charge on any atom is 0.340 e. The Kier molecular flexibility index (Phi) is 5.35. The van der Waals surface area contributed by atoms with Crippen molar-refractivity contribution in [3.05, 3.63) is 80.7 Å². The second kappa shape index (κ2) is 7.55. The Balaban J connectivity index is 2.19. The molecule has 0 bridgehead atoms. The predicted molar refractivity (Wildman–Crippen MR) is 103 cm³/mol. The topological polar surface area (TPSA) is 46.6 Å². The van der Waals surface area contributed by atoms with Gasteiger partial charge >= 0.3 is 5.97 Å². The molecule has 0 atom stereocenters. The zero-order valence-corrected chi connectivity index (χ0v) is 15.9. The summed E-state index contributed by atoms with van der Waals surface area (Å²) in [7, 11) is 1.22. The van der Waals surface area contributed by atoms with Gasteiger partial charge in [0, 0.05) is 21.3 Å². The quantitative estimate of drug-likeness (QED) is 0.532. The summed E-state index contributed by atoms with van der Waals surface area (Å²) in [4.78, 5) is 26.7. The zero-order valence-electron chi connectivity index (χ0n) is 14.4. The van der Waals surface area contributed by atoms with Crippen molar-refractivity contribution in [2.75, 3.05) is 12.0 Å². The van der Waals surface area contributed by atoms with Gasteiger partial charge in [-0.1, -0.05) is 41.4 Å². The average molecular weight is 406 g/mol. The van der Waals surface area contributed by atoms with Crippen LogP contribution in [-0.2, 0) is 14.3 Å². The van der Waals surface area contributed by atoms with Crippen molar-refractivity contribution < 1.29 is 18.7 Å². The molecule has 1 aliphatic heterocycles. The number of nitrogens with zero attached hydrogens (tertiary/aromatic N) is 1. The number of methoxy groups -OCH3 is 1. The summed E-state index contributed by atoms with van der Waals surface area (Å²) < 4.78 is 18.9. The molecule has 1 heterocycles. The van der Waals surface area contributed by atoms with Crippen LogP contribution < -0.4 is 4.90 Å². The van der Waals surface area contributed by atoms with E-state index in [1.165, 1.54) is 42.4 Å². The Labute approximate surface area is 165 Å². The van der Waals surface area contributed by atoms with Gasteiger partial charge in [0.15, 0.2) is 0 Å². The van der Waals surface area contributed by atoms with Crippen molar-refractivity contribution in [2.45, 2.75) is 6.92 Å². The zero-order chi connectivity index (χ0) is 19.7. The van der Waals surface area contributed by atoms with Gasteiger partial charge in [-0.3, -0.25) is 9.69 Å². The van der Waals surface area contributed by atoms with Gasteiger partial charge in [0.25, 0.3) is 5.91 Å². The standard InChI is InChI=1S/C20H14Cl2FNO3/c1-11-18(20(26)27-2)16(7-12-5-3-4-6-17(12)23)19(25)24(11)15-9-13(21)8-14(22)10-15/h3-10H,1-2H3/b16-7-. The first-order valence-electron chi connectivity index (χ1n) is 7.90. The Hall–Kier alpha value is -2.63. The molecular formula is C20H14Cl2FNO3. The highest BCUT2D eigenvalue weighted by atomic mass is 35.5. The number of carbonyl (C=O) groups excluding carboxylic acids is 2. The van der Waals surface area contributed by atoms with Crippen LogP contribution in [0, 0.1) is 5.82 Å². The van der Waals surface area contributed by atoms with Gasteiger partial charge in [0.05, 0.1) is 23.9 Å².